The molecule has 4 nitrogen and oxygen atoms in total. The molecule has 0 heterocycles. The van der Waals surface area contributed by atoms with E-state index in [9.17, 15) is 4.39 Å². The van der Waals surface area contributed by atoms with Crippen LogP contribution < -0.4 is 14.8 Å². The summed E-state index contributed by atoms with van der Waals surface area (Å²) < 4.78 is 30.2. The summed E-state index contributed by atoms with van der Waals surface area (Å²) in [7, 11) is 0. The van der Waals surface area contributed by atoms with Crippen molar-refractivity contribution in [2.24, 2.45) is 0 Å². The van der Waals surface area contributed by atoms with E-state index in [0.717, 1.165) is 43.0 Å². The van der Waals surface area contributed by atoms with Crippen molar-refractivity contribution in [2.45, 2.75) is 32.8 Å². The molecule has 2 rings (SSSR count). The van der Waals surface area contributed by atoms with E-state index in [0.29, 0.717) is 19.8 Å². The van der Waals surface area contributed by atoms with Gasteiger partial charge < -0.3 is 19.5 Å². The first-order valence-corrected chi connectivity index (χ1v) is 9.67. The lowest BCUT2D eigenvalue weighted by Crippen LogP contribution is -2.22. The topological polar surface area (TPSA) is 39.7 Å². The molecule has 0 aliphatic heterocycles. The summed E-state index contributed by atoms with van der Waals surface area (Å²) in [4.78, 5) is 0. The zero-order valence-corrected chi connectivity index (χ0v) is 16.2. The molecule has 1 atom stereocenters. The summed E-state index contributed by atoms with van der Waals surface area (Å²) in [5, 5.41) is 3.38. The lowest BCUT2D eigenvalue weighted by molar-refractivity contribution is 0.0547. The molecule has 0 spiro atoms. The third kappa shape index (κ3) is 7.57. The van der Waals surface area contributed by atoms with E-state index >= 15 is 0 Å². The van der Waals surface area contributed by atoms with Crippen molar-refractivity contribution in [3.63, 3.8) is 0 Å². The average molecular weight is 375 g/mol. The van der Waals surface area contributed by atoms with Crippen molar-refractivity contribution in [3.8, 4) is 11.5 Å². The van der Waals surface area contributed by atoms with E-state index in [-0.39, 0.29) is 11.9 Å². The molecule has 2 aromatic rings. The predicted molar refractivity (Wildman–Crippen MR) is 106 cm³/mol. The Balaban J connectivity index is 1.65. The molecular weight excluding hydrogens is 345 g/mol. The predicted octanol–water partition coefficient (Wildman–Crippen LogP) is 4.75. The Hall–Kier alpha value is -2.11. The highest BCUT2D eigenvalue weighted by Gasteiger charge is 2.11. The fourth-order valence-electron chi connectivity index (χ4n) is 2.84. The van der Waals surface area contributed by atoms with Crippen molar-refractivity contribution in [1.82, 2.24) is 5.32 Å². The van der Waals surface area contributed by atoms with Gasteiger partial charge in [0.25, 0.3) is 0 Å². The first kappa shape index (κ1) is 21.2. The average Bonchev–Trinajstić information content (AvgIpc) is 2.68. The highest BCUT2D eigenvalue weighted by Crippen LogP contribution is 2.26. The number of ether oxygens (including phenoxy) is 3. The second kappa shape index (κ2) is 12.3. The first-order chi connectivity index (χ1) is 13.2. The van der Waals surface area contributed by atoms with Crippen LogP contribution in [0.3, 0.4) is 0 Å². The van der Waals surface area contributed by atoms with Gasteiger partial charge in [-0.25, -0.2) is 4.39 Å². The Morgan fingerprint density at radius 1 is 0.889 bits per heavy atom. The number of para-hydroxylation sites is 2. The number of benzene rings is 2. The van der Waals surface area contributed by atoms with E-state index in [4.69, 9.17) is 14.2 Å². The molecule has 0 aliphatic carbocycles. The van der Waals surface area contributed by atoms with Crippen molar-refractivity contribution in [2.75, 3.05) is 32.9 Å². The highest BCUT2D eigenvalue weighted by atomic mass is 19.1. The van der Waals surface area contributed by atoms with Crippen LogP contribution in [0, 0.1) is 5.82 Å². The standard InChI is InChI=1S/C22H30FNO3/c1-3-25-20(18-11-13-19(23)14-12-18)10-7-15-24-16-17-27-22-9-6-5-8-21(22)26-4-2/h5-6,8-9,11-14,20,24H,3-4,7,10,15-17H2,1-2H3. The number of rotatable bonds is 13. The van der Waals surface area contributed by atoms with Crippen LogP contribution in [0.25, 0.3) is 0 Å². The second-order valence-corrected chi connectivity index (χ2v) is 6.12. The van der Waals surface area contributed by atoms with Gasteiger partial charge in [-0.15, -0.1) is 0 Å². The van der Waals surface area contributed by atoms with Crippen LogP contribution in [0.2, 0.25) is 0 Å². The SMILES string of the molecule is CCOc1ccccc1OCCNCCCC(OCC)c1ccc(F)cc1. The van der Waals surface area contributed by atoms with Gasteiger partial charge in [-0.3, -0.25) is 0 Å². The van der Waals surface area contributed by atoms with Gasteiger partial charge in [-0.1, -0.05) is 24.3 Å². The van der Waals surface area contributed by atoms with Crippen LogP contribution in [-0.4, -0.2) is 32.9 Å². The Morgan fingerprint density at radius 3 is 2.26 bits per heavy atom. The van der Waals surface area contributed by atoms with E-state index in [1.165, 1.54) is 12.1 Å². The molecule has 148 valence electrons. The Kier molecular flexibility index (Phi) is 9.66. The lowest BCUT2D eigenvalue weighted by Gasteiger charge is -2.17. The second-order valence-electron chi connectivity index (χ2n) is 6.12. The van der Waals surface area contributed by atoms with E-state index < -0.39 is 0 Å². The summed E-state index contributed by atoms with van der Waals surface area (Å²) in [6.45, 7) is 7.41. The maximum atomic E-state index is 13.1. The van der Waals surface area contributed by atoms with Gasteiger partial charge in [-0.2, -0.15) is 0 Å². The third-order valence-corrected chi connectivity index (χ3v) is 4.11. The first-order valence-electron chi connectivity index (χ1n) is 9.67. The number of hydrogen-bond acceptors (Lipinski definition) is 4. The van der Waals surface area contributed by atoms with Crippen LogP contribution in [0.15, 0.2) is 48.5 Å². The van der Waals surface area contributed by atoms with Crippen molar-refractivity contribution in [1.29, 1.82) is 0 Å². The number of halogens is 1. The fourth-order valence-corrected chi connectivity index (χ4v) is 2.84. The maximum absolute atomic E-state index is 13.1. The fraction of sp³-hybridized carbons (Fsp3) is 0.455. The van der Waals surface area contributed by atoms with Gasteiger partial charge >= 0.3 is 0 Å². The number of nitrogens with one attached hydrogen (secondary N) is 1. The largest absolute Gasteiger partial charge is 0.490 e. The normalized spacial score (nSPS) is 12.0. The molecule has 0 saturated heterocycles. The van der Waals surface area contributed by atoms with Crippen LogP contribution in [0.1, 0.15) is 38.4 Å². The molecule has 5 heteroatoms. The number of hydrogen-bond donors (Lipinski definition) is 1. The van der Waals surface area contributed by atoms with Crippen LogP contribution in [-0.2, 0) is 4.74 Å². The van der Waals surface area contributed by atoms with E-state index in [2.05, 4.69) is 5.32 Å². The Morgan fingerprint density at radius 2 is 1.59 bits per heavy atom. The molecule has 0 radical (unpaired) electrons. The molecule has 0 amide bonds. The quantitative estimate of drug-likeness (QED) is 0.513. The van der Waals surface area contributed by atoms with E-state index in [1.54, 1.807) is 12.1 Å². The Labute approximate surface area is 161 Å². The van der Waals surface area contributed by atoms with Gasteiger partial charge in [0.15, 0.2) is 11.5 Å². The molecule has 0 fully saturated rings. The molecule has 1 N–H and O–H groups in total. The van der Waals surface area contributed by atoms with Gasteiger partial charge in [0.1, 0.15) is 12.4 Å². The van der Waals surface area contributed by atoms with Crippen molar-refractivity contribution in [3.05, 3.63) is 59.9 Å². The zero-order valence-electron chi connectivity index (χ0n) is 16.2. The lowest BCUT2D eigenvalue weighted by atomic mass is 10.0. The molecule has 0 aliphatic rings. The summed E-state index contributed by atoms with van der Waals surface area (Å²) in [5.41, 5.74) is 1.02. The van der Waals surface area contributed by atoms with Gasteiger partial charge in [-0.05, 0) is 63.1 Å². The molecule has 1 unspecified atom stereocenters. The van der Waals surface area contributed by atoms with Gasteiger partial charge in [0.05, 0.1) is 12.7 Å². The summed E-state index contributed by atoms with van der Waals surface area (Å²) in [6.07, 6.45) is 1.87. The molecule has 0 aromatic heterocycles. The monoisotopic (exact) mass is 375 g/mol. The maximum Gasteiger partial charge on any atom is 0.161 e. The van der Waals surface area contributed by atoms with E-state index in [1.807, 2.05) is 38.1 Å². The van der Waals surface area contributed by atoms with Gasteiger partial charge in [0, 0.05) is 13.2 Å². The molecule has 27 heavy (non-hydrogen) atoms. The molecule has 0 saturated carbocycles. The highest BCUT2D eigenvalue weighted by molar-refractivity contribution is 5.39. The minimum Gasteiger partial charge on any atom is -0.490 e. The van der Waals surface area contributed by atoms with Gasteiger partial charge in [0.2, 0.25) is 0 Å². The van der Waals surface area contributed by atoms with Crippen molar-refractivity contribution >= 4 is 0 Å². The minimum absolute atomic E-state index is 0.00622. The minimum atomic E-state index is -0.221. The van der Waals surface area contributed by atoms with Crippen LogP contribution in [0.4, 0.5) is 4.39 Å². The molecular formula is C22H30FNO3. The van der Waals surface area contributed by atoms with Crippen LogP contribution in [0.5, 0.6) is 11.5 Å². The van der Waals surface area contributed by atoms with Crippen LogP contribution >= 0.6 is 0 Å². The van der Waals surface area contributed by atoms with Crippen molar-refractivity contribution < 1.29 is 18.6 Å². The summed E-state index contributed by atoms with van der Waals surface area (Å²) in [6, 6.07) is 14.3. The smallest absolute Gasteiger partial charge is 0.161 e. The summed E-state index contributed by atoms with van der Waals surface area (Å²) in [5.74, 6) is 1.33. The zero-order chi connectivity index (χ0) is 19.3. The summed E-state index contributed by atoms with van der Waals surface area (Å²) >= 11 is 0. The molecule has 0 bridgehead atoms. The molecule has 2 aromatic carbocycles. The third-order valence-electron chi connectivity index (χ3n) is 4.11. The Bertz CT molecular complexity index is 648.